The molecule has 2 aliphatic rings. The summed E-state index contributed by atoms with van der Waals surface area (Å²) in [4.78, 5) is 30.6. The van der Waals surface area contributed by atoms with Crippen molar-refractivity contribution in [3.05, 3.63) is 69.8 Å². The number of likely N-dealkylation sites (tertiary alicyclic amines) is 1. The molecule has 7 heteroatoms. The summed E-state index contributed by atoms with van der Waals surface area (Å²) >= 11 is 0. The highest BCUT2D eigenvalue weighted by Gasteiger charge is 2.28. The zero-order valence-electron chi connectivity index (χ0n) is 18.1. The fourth-order valence-corrected chi connectivity index (χ4v) is 4.56. The number of carbonyl (C=O) groups excluding carboxylic acids is 1. The summed E-state index contributed by atoms with van der Waals surface area (Å²) in [6, 6.07) is 15.9. The second-order valence-electron chi connectivity index (χ2n) is 8.54. The van der Waals surface area contributed by atoms with Crippen LogP contribution < -0.4 is 4.90 Å². The van der Waals surface area contributed by atoms with Crippen LogP contribution >= 0.6 is 0 Å². The first-order valence-electron chi connectivity index (χ1n) is 11.1. The van der Waals surface area contributed by atoms with Crippen LogP contribution in [0.5, 0.6) is 0 Å². The van der Waals surface area contributed by atoms with Crippen LogP contribution in [-0.4, -0.2) is 59.4 Å². The molecule has 1 atom stereocenters. The Morgan fingerprint density at radius 1 is 1.03 bits per heavy atom. The molecule has 7 nitrogen and oxygen atoms in total. The lowest BCUT2D eigenvalue weighted by Crippen LogP contribution is -2.34. The average molecular weight is 423 g/mol. The molecule has 2 saturated heterocycles. The normalized spacial score (nSPS) is 20.0. The molecule has 2 aliphatic heterocycles. The van der Waals surface area contributed by atoms with Crippen LogP contribution in [0.25, 0.3) is 0 Å². The van der Waals surface area contributed by atoms with Crippen molar-refractivity contribution < 1.29 is 9.72 Å². The van der Waals surface area contributed by atoms with Crippen LogP contribution in [0.15, 0.2) is 48.5 Å². The summed E-state index contributed by atoms with van der Waals surface area (Å²) in [5.74, 6) is -0.222. The van der Waals surface area contributed by atoms with Crippen LogP contribution in [-0.2, 0) is 6.54 Å². The van der Waals surface area contributed by atoms with Gasteiger partial charge in [-0.25, -0.2) is 0 Å². The molecular weight excluding hydrogens is 392 g/mol. The maximum Gasteiger partial charge on any atom is 0.282 e. The van der Waals surface area contributed by atoms with Gasteiger partial charge in [-0.2, -0.15) is 0 Å². The Kier molecular flexibility index (Phi) is 6.51. The molecule has 164 valence electrons. The number of rotatable bonds is 5. The number of nitro benzene ring substituents is 1. The van der Waals surface area contributed by atoms with E-state index in [1.165, 1.54) is 11.6 Å². The van der Waals surface area contributed by atoms with Crippen LogP contribution in [0.1, 0.15) is 42.1 Å². The molecule has 0 aromatic heterocycles. The van der Waals surface area contributed by atoms with Crippen molar-refractivity contribution in [2.75, 3.05) is 37.6 Å². The van der Waals surface area contributed by atoms with Gasteiger partial charge in [0, 0.05) is 57.1 Å². The molecule has 1 unspecified atom stereocenters. The van der Waals surface area contributed by atoms with Crippen molar-refractivity contribution in [3.63, 3.8) is 0 Å². The monoisotopic (exact) mass is 422 g/mol. The number of nitro groups is 1. The summed E-state index contributed by atoms with van der Waals surface area (Å²) < 4.78 is 0. The predicted molar refractivity (Wildman–Crippen MR) is 121 cm³/mol. The third-order valence-electron chi connectivity index (χ3n) is 6.49. The molecule has 0 radical (unpaired) electrons. The number of nitrogens with zero attached hydrogens (tertiary/aromatic N) is 4. The summed E-state index contributed by atoms with van der Waals surface area (Å²) in [6.45, 7) is 7.11. The molecular formula is C24H30N4O3. The number of amides is 1. The summed E-state index contributed by atoms with van der Waals surface area (Å²) in [6.07, 6.45) is 2.92. The first-order chi connectivity index (χ1) is 15.0. The minimum Gasteiger partial charge on any atom is -0.370 e. The predicted octanol–water partition coefficient (Wildman–Crippen LogP) is 3.93. The smallest absolute Gasteiger partial charge is 0.282 e. The van der Waals surface area contributed by atoms with E-state index in [0.717, 1.165) is 51.1 Å². The fraction of sp³-hybridized carbons (Fsp3) is 0.458. The molecule has 2 aromatic rings. The standard InChI is InChI=1S/C24H30N4O3/c1-19-11-14-25(15-16-27(19)18-20-7-3-2-4-8-20)21-9-10-23(28(30)31)22(17-21)24(29)26-12-5-6-13-26/h2-4,7-10,17,19H,5-6,11-16,18H2,1H3. The van der Waals surface area contributed by atoms with Gasteiger partial charge in [-0.3, -0.25) is 19.8 Å². The minimum absolute atomic E-state index is 0.102. The van der Waals surface area contributed by atoms with E-state index in [2.05, 4.69) is 41.0 Å². The van der Waals surface area contributed by atoms with Crippen LogP contribution in [0, 0.1) is 10.1 Å². The van der Waals surface area contributed by atoms with E-state index in [0.29, 0.717) is 19.1 Å². The number of carbonyl (C=O) groups is 1. The van der Waals surface area contributed by atoms with Gasteiger partial charge in [0.1, 0.15) is 5.56 Å². The average Bonchev–Trinajstić information content (AvgIpc) is 3.26. The van der Waals surface area contributed by atoms with Crippen molar-refractivity contribution in [2.24, 2.45) is 0 Å². The number of anilines is 1. The van der Waals surface area contributed by atoms with E-state index in [1.54, 1.807) is 17.0 Å². The lowest BCUT2D eigenvalue weighted by molar-refractivity contribution is -0.385. The van der Waals surface area contributed by atoms with E-state index >= 15 is 0 Å². The molecule has 4 rings (SSSR count). The van der Waals surface area contributed by atoms with E-state index < -0.39 is 4.92 Å². The SMILES string of the molecule is CC1CCN(c2ccc([N+](=O)[O-])c(C(=O)N3CCCC3)c2)CCN1Cc1ccccc1. The van der Waals surface area contributed by atoms with E-state index in [4.69, 9.17) is 0 Å². The van der Waals surface area contributed by atoms with Crippen LogP contribution in [0.4, 0.5) is 11.4 Å². The molecule has 31 heavy (non-hydrogen) atoms. The van der Waals surface area contributed by atoms with Gasteiger partial charge in [-0.15, -0.1) is 0 Å². The van der Waals surface area contributed by atoms with Gasteiger partial charge in [0.05, 0.1) is 4.92 Å². The number of hydrogen-bond donors (Lipinski definition) is 0. The molecule has 0 bridgehead atoms. The highest BCUT2D eigenvalue weighted by molar-refractivity contribution is 5.99. The van der Waals surface area contributed by atoms with Gasteiger partial charge >= 0.3 is 0 Å². The van der Waals surface area contributed by atoms with Gasteiger partial charge in [0.25, 0.3) is 11.6 Å². The largest absolute Gasteiger partial charge is 0.370 e. The van der Waals surface area contributed by atoms with E-state index in [-0.39, 0.29) is 17.2 Å². The summed E-state index contributed by atoms with van der Waals surface area (Å²) in [5, 5.41) is 11.6. The molecule has 1 amide bonds. The van der Waals surface area contributed by atoms with E-state index in [9.17, 15) is 14.9 Å². The Hall–Kier alpha value is -2.93. The van der Waals surface area contributed by atoms with Crippen molar-refractivity contribution in [1.82, 2.24) is 9.80 Å². The Morgan fingerprint density at radius 2 is 1.77 bits per heavy atom. The zero-order chi connectivity index (χ0) is 21.8. The van der Waals surface area contributed by atoms with Crippen LogP contribution in [0.3, 0.4) is 0 Å². The molecule has 0 saturated carbocycles. The first kappa shape index (κ1) is 21.3. The Morgan fingerprint density at radius 3 is 2.48 bits per heavy atom. The molecule has 2 heterocycles. The second-order valence-corrected chi connectivity index (χ2v) is 8.54. The number of hydrogen-bond acceptors (Lipinski definition) is 5. The van der Waals surface area contributed by atoms with Crippen molar-refractivity contribution in [2.45, 2.75) is 38.8 Å². The molecule has 0 aliphatic carbocycles. The van der Waals surface area contributed by atoms with Crippen LogP contribution in [0.2, 0.25) is 0 Å². The Bertz CT molecular complexity index is 928. The molecule has 2 fully saturated rings. The summed E-state index contributed by atoms with van der Waals surface area (Å²) in [7, 11) is 0. The molecule has 0 spiro atoms. The van der Waals surface area contributed by atoms with Gasteiger partial charge < -0.3 is 9.80 Å². The fourth-order valence-electron chi connectivity index (χ4n) is 4.56. The summed E-state index contributed by atoms with van der Waals surface area (Å²) in [5.41, 5.74) is 2.30. The molecule has 0 N–H and O–H groups in total. The van der Waals surface area contributed by atoms with E-state index in [1.807, 2.05) is 6.07 Å². The Labute approximate surface area is 183 Å². The highest BCUT2D eigenvalue weighted by Crippen LogP contribution is 2.29. The highest BCUT2D eigenvalue weighted by atomic mass is 16.6. The topological polar surface area (TPSA) is 69.9 Å². The van der Waals surface area contributed by atoms with Gasteiger partial charge in [-0.1, -0.05) is 30.3 Å². The Balaban J connectivity index is 1.53. The van der Waals surface area contributed by atoms with Crippen molar-refractivity contribution in [3.8, 4) is 0 Å². The lowest BCUT2D eigenvalue weighted by Gasteiger charge is -2.26. The van der Waals surface area contributed by atoms with Gasteiger partial charge in [0.2, 0.25) is 0 Å². The van der Waals surface area contributed by atoms with Gasteiger partial charge in [0.15, 0.2) is 0 Å². The van der Waals surface area contributed by atoms with Crippen molar-refractivity contribution >= 4 is 17.3 Å². The molecule has 2 aromatic carbocycles. The first-order valence-corrected chi connectivity index (χ1v) is 11.1. The lowest BCUT2D eigenvalue weighted by atomic mass is 10.1. The van der Waals surface area contributed by atoms with Gasteiger partial charge in [-0.05, 0) is 43.9 Å². The third kappa shape index (κ3) is 4.88. The third-order valence-corrected chi connectivity index (χ3v) is 6.49. The quantitative estimate of drug-likeness (QED) is 0.539. The number of benzene rings is 2. The zero-order valence-corrected chi connectivity index (χ0v) is 18.1. The minimum atomic E-state index is -0.445. The maximum atomic E-state index is 13.0. The maximum absolute atomic E-state index is 13.0. The second kappa shape index (κ2) is 9.47. The van der Waals surface area contributed by atoms with Crippen molar-refractivity contribution in [1.29, 1.82) is 0 Å².